The van der Waals surface area contributed by atoms with Crippen molar-refractivity contribution < 1.29 is 9.90 Å². The second-order valence-corrected chi connectivity index (χ2v) is 5.34. The maximum atomic E-state index is 10.6. The summed E-state index contributed by atoms with van der Waals surface area (Å²) in [5.41, 5.74) is 4.42. The zero-order chi connectivity index (χ0) is 13.1. The SMILES string of the molecule is Cc1ccc(Cc2nc(CC(=O)O)cs2)cc1C. The summed E-state index contributed by atoms with van der Waals surface area (Å²) in [6, 6.07) is 6.37. The summed E-state index contributed by atoms with van der Waals surface area (Å²) in [6.07, 6.45) is 0.773. The van der Waals surface area contributed by atoms with Crippen molar-refractivity contribution in [1.82, 2.24) is 4.98 Å². The van der Waals surface area contributed by atoms with E-state index in [1.165, 1.54) is 28.0 Å². The van der Waals surface area contributed by atoms with Crippen LogP contribution in [0.4, 0.5) is 0 Å². The fraction of sp³-hybridized carbons (Fsp3) is 0.286. The molecule has 0 bridgehead atoms. The smallest absolute Gasteiger partial charge is 0.309 e. The Hall–Kier alpha value is -1.68. The monoisotopic (exact) mass is 261 g/mol. The number of carbonyl (C=O) groups is 1. The van der Waals surface area contributed by atoms with Gasteiger partial charge in [-0.15, -0.1) is 11.3 Å². The molecule has 2 rings (SSSR count). The van der Waals surface area contributed by atoms with Crippen LogP contribution < -0.4 is 0 Å². The van der Waals surface area contributed by atoms with E-state index in [0.717, 1.165) is 11.4 Å². The molecule has 0 aliphatic heterocycles. The summed E-state index contributed by atoms with van der Waals surface area (Å²) in [7, 11) is 0. The topological polar surface area (TPSA) is 50.2 Å². The molecule has 4 heteroatoms. The third kappa shape index (κ3) is 3.17. The zero-order valence-corrected chi connectivity index (χ0v) is 11.3. The van der Waals surface area contributed by atoms with Crippen molar-refractivity contribution in [3.63, 3.8) is 0 Å². The van der Waals surface area contributed by atoms with E-state index >= 15 is 0 Å². The highest BCUT2D eigenvalue weighted by molar-refractivity contribution is 7.09. The molecule has 0 amide bonds. The third-order valence-corrected chi connectivity index (χ3v) is 3.76. The van der Waals surface area contributed by atoms with Gasteiger partial charge in [0.15, 0.2) is 0 Å². The van der Waals surface area contributed by atoms with Crippen molar-refractivity contribution in [3.05, 3.63) is 51.0 Å². The molecule has 1 N–H and O–H groups in total. The van der Waals surface area contributed by atoms with Crippen molar-refractivity contribution in [2.24, 2.45) is 0 Å². The number of aromatic nitrogens is 1. The number of thiazole rings is 1. The fourth-order valence-corrected chi connectivity index (χ4v) is 2.58. The molecule has 1 aromatic carbocycles. The van der Waals surface area contributed by atoms with Crippen LogP contribution in [0, 0.1) is 13.8 Å². The zero-order valence-electron chi connectivity index (χ0n) is 10.4. The first kappa shape index (κ1) is 12.8. The molecule has 94 valence electrons. The Labute approximate surface area is 110 Å². The molecule has 0 saturated carbocycles. The van der Waals surface area contributed by atoms with Crippen LogP contribution in [0.5, 0.6) is 0 Å². The van der Waals surface area contributed by atoms with E-state index in [1.54, 1.807) is 0 Å². The van der Waals surface area contributed by atoms with Gasteiger partial charge in [0.25, 0.3) is 0 Å². The second-order valence-electron chi connectivity index (χ2n) is 4.40. The number of benzene rings is 1. The Balaban J connectivity index is 2.11. The lowest BCUT2D eigenvalue weighted by Crippen LogP contribution is -2.00. The number of aliphatic carboxylic acids is 1. The Bertz CT molecular complexity index is 575. The average Bonchev–Trinajstić information content (AvgIpc) is 2.70. The molecular formula is C14H15NO2S. The molecule has 2 aromatic rings. The van der Waals surface area contributed by atoms with Crippen LogP contribution in [-0.4, -0.2) is 16.1 Å². The van der Waals surface area contributed by atoms with E-state index in [-0.39, 0.29) is 6.42 Å². The summed E-state index contributed by atoms with van der Waals surface area (Å²) >= 11 is 1.52. The van der Waals surface area contributed by atoms with Crippen molar-refractivity contribution in [2.75, 3.05) is 0 Å². The Morgan fingerprint density at radius 2 is 2.11 bits per heavy atom. The molecule has 0 spiro atoms. The molecule has 0 saturated heterocycles. The average molecular weight is 261 g/mol. The van der Waals surface area contributed by atoms with Gasteiger partial charge in [-0.2, -0.15) is 0 Å². The largest absolute Gasteiger partial charge is 0.481 e. The molecule has 0 atom stereocenters. The predicted octanol–water partition coefficient (Wildman–Crippen LogP) is 2.98. The van der Waals surface area contributed by atoms with Crippen molar-refractivity contribution in [3.8, 4) is 0 Å². The molecule has 1 aromatic heterocycles. The summed E-state index contributed by atoms with van der Waals surface area (Å²) in [5, 5.41) is 11.5. The van der Waals surface area contributed by atoms with Gasteiger partial charge >= 0.3 is 5.97 Å². The minimum absolute atomic E-state index is 0.00340. The molecule has 0 unspecified atom stereocenters. The van der Waals surface area contributed by atoms with Crippen LogP contribution in [-0.2, 0) is 17.6 Å². The Kier molecular flexibility index (Phi) is 3.77. The van der Waals surface area contributed by atoms with Crippen molar-refractivity contribution in [2.45, 2.75) is 26.7 Å². The number of aryl methyl sites for hydroxylation is 2. The number of nitrogens with zero attached hydrogens (tertiary/aromatic N) is 1. The third-order valence-electron chi connectivity index (χ3n) is 2.86. The van der Waals surface area contributed by atoms with Gasteiger partial charge < -0.3 is 5.11 Å². The molecular weight excluding hydrogens is 246 g/mol. The lowest BCUT2D eigenvalue weighted by atomic mass is 10.0. The molecule has 18 heavy (non-hydrogen) atoms. The van der Waals surface area contributed by atoms with E-state index in [0.29, 0.717) is 5.69 Å². The van der Waals surface area contributed by atoms with Gasteiger partial charge in [-0.25, -0.2) is 4.98 Å². The summed E-state index contributed by atoms with van der Waals surface area (Å²) in [6.45, 7) is 4.18. The van der Waals surface area contributed by atoms with E-state index in [1.807, 2.05) is 5.38 Å². The van der Waals surface area contributed by atoms with Crippen LogP contribution >= 0.6 is 11.3 Å². The predicted molar refractivity (Wildman–Crippen MR) is 72.2 cm³/mol. The van der Waals surface area contributed by atoms with Gasteiger partial charge in [0.1, 0.15) is 0 Å². The summed E-state index contributed by atoms with van der Waals surface area (Å²) < 4.78 is 0. The number of carboxylic acids is 1. The van der Waals surface area contributed by atoms with Crippen LogP contribution in [0.3, 0.4) is 0 Å². The van der Waals surface area contributed by atoms with Gasteiger partial charge in [0, 0.05) is 11.8 Å². The minimum atomic E-state index is -0.835. The first-order valence-electron chi connectivity index (χ1n) is 5.76. The highest BCUT2D eigenvalue weighted by atomic mass is 32.1. The van der Waals surface area contributed by atoms with Gasteiger partial charge in [-0.05, 0) is 30.5 Å². The molecule has 0 radical (unpaired) electrons. The minimum Gasteiger partial charge on any atom is -0.481 e. The number of carboxylic acid groups (broad SMARTS) is 1. The second kappa shape index (κ2) is 5.31. The number of rotatable bonds is 4. The molecule has 0 aliphatic carbocycles. The number of hydrogen-bond donors (Lipinski definition) is 1. The van der Waals surface area contributed by atoms with Gasteiger partial charge in [0.05, 0.1) is 17.1 Å². The van der Waals surface area contributed by atoms with Crippen molar-refractivity contribution in [1.29, 1.82) is 0 Å². The van der Waals surface area contributed by atoms with Crippen LogP contribution in [0.1, 0.15) is 27.4 Å². The van der Waals surface area contributed by atoms with E-state index in [4.69, 9.17) is 5.11 Å². The van der Waals surface area contributed by atoms with Crippen LogP contribution in [0.2, 0.25) is 0 Å². The first-order chi connectivity index (χ1) is 8.54. The molecule has 0 fully saturated rings. The van der Waals surface area contributed by atoms with Crippen LogP contribution in [0.25, 0.3) is 0 Å². The summed E-state index contributed by atoms with van der Waals surface area (Å²) in [4.78, 5) is 14.9. The fourth-order valence-electron chi connectivity index (χ4n) is 1.75. The number of hydrogen-bond acceptors (Lipinski definition) is 3. The lowest BCUT2D eigenvalue weighted by Gasteiger charge is -2.03. The van der Waals surface area contributed by atoms with E-state index in [9.17, 15) is 4.79 Å². The Morgan fingerprint density at radius 1 is 1.33 bits per heavy atom. The Morgan fingerprint density at radius 3 is 2.78 bits per heavy atom. The standard InChI is InChI=1S/C14H15NO2S/c1-9-3-4-11(5-10(9)2)6-13-15-12(8-18-13)7-14(16)17/h3-5,8H,6-7H2,1-2H3,(H,16,17). The molecule has 1 heterocycles. The quantitative estimate of drug-likeness (QED) is 0.920. The van der Waals surface area contributed by atoms with Gasteiger partial charge in [-0.1, -0.05) is 18.2 Å². The normalized spacial score (nSPS) is 10.6. The molecule has 0 aliphatic rings. The summed E-state index contributed by atoms with van der Waals surface area (Å²) in [5.74, 6) is -0.835. The maximum Gasteiger partial charge on any atom is 0.309 e. The van der Waals surface area contributed by atoms with Gasteiger partial charge in [-0.3, -0.25) is 4.79 Å². The first-order valence-corrected chi connectivity index (χ1v) is 6.64. The highest BCUT2D eigenvalue weighted by Gasteiger charge is 2.07. The van der Waals surface area contributed by atoms with Crippen LogP contribution in [0.15, 0.2) is 23.6 Å². The van der Waals surface area contributed by atoms with E-state index < -0.39 is 5.97 Å². The van der Waals surface area contributed by atoms with E-state index in [2.05, 4.69) is 37.0 Å². The van der Waals surface area contributed by atoms with Gasteiger partial charge in [0.2, 0.25) is 0 Å². The highest BCUT2D eigenvalue weighted by Crippen LogP contribution is 2.17. The van der Waals surface area contributed by atoms with Crippen molar-refractivity contribution >= 4 is 17.3 Å². The maximum absolute atomic E-state index is 10.6. The lowest BCUT2D eigenvalue weighted by molar-refractivity contribution is -0.136. The molecule has 3 nitrogen and oxygen atoms in total.